The van der Waals surface area contributed by atoms with Gasteiger partial charge < -0.3 is 5.32 Å². The van der Waals surface area contributed by atoms with E-state index < -0.39 is 0 Å². The van der Waals surface area contributed by atoms with E-state index in [1.165, 1.54) is 11.8 Å². The molecule has 7 heteroatoms. The number of hydrogen-bond donors (Lipinski definition) is 1. The van der Waals surface area contributed by atoms with E-state index in [4.69, 9.17) is 0 Å². The van der Waals surface area contributed by atoms with Crippen LogP contribution in [0.5, 0.6) is 0 Å². The van der Waals surface area contributed by atoms with Crippen molar-refractivity contribution in [2.75, 3.05) is 11.1 Å². The Kier molecular flexibility index (Phi) is 6.70. The number of allylic oxidation sites excluding steroid dienone is 1. The van der Waals surface area contributed by atoms with Crippen molar-refractivity contribution in [3.05, 3.63) is 70.7 Å². The molecule has 0 bridgehead atoms. The van der Waals surface area contributed by atoms with E-state index in [9.17, 15) is 4.79 Å². The van der Waals surface area contributed by atoms with Crippen molar-refractivity contribution < 1.29 is 4.79 Å². The molecular formula is C21H21BrN4OS. The Labute approximate surface area is 177 Å². The first-order valence-corrected chi connectivity index (χ1v) is 10.6. The average Bonchev–Trinajstić information content (AvgIpc) is 3.07. The first kappa shape index (κ1) is 20.4. The summed E-state index contributed by atoms with van der Waals surface area (Å²) in [6, 6.07) is 13.8. The van der Waals surface area contributed by atoms with E-state index in [0.29, 0.717) is 11.7 Å². The molecule has 3 aromatic rings. The van der Waals surface area contributed by atoms with Crippen LogP contribution < -0.4 is 5.32 Å². The number of aryl methyl sites for hydroxylation is 1. The number of nitrogens with one attached hydrogen (secondary N) is 1. The molecule has 28 heavy (non-hydrogen) atoms. The summed E-state index contributed by atoms with van der Waals surface area (Å²) in [5.41, 5.74) is 4.03. The maximum atomic E-state index is 12.4. The third-order valence-corrected chi connectivity index (χ3v) is 5.84. The molecule has 5 nitrogen and oxygen atoms in total. The van der Waals surface area contributed by atoms with E-state index in [0.717, 1.165) is 32.7 Å². The van der Waals surface area contributed by atoms with Crippen LogP contribution in [0.4, 0.5) is 5.69 Å². The number of amides is 1. The number of rotatable bonds is 7. The summed E-state index contributed by atoms with van der Waals surface area (Å²) >= 11 is 4.81. The number of benzene rings is 2. The average molecular weight is 457 g/mol. The molecule has 1 aromatic heterocycles. The van der Waals surface area contributed by atoms with Gasteiger partial charge in [-0.2, -0.15) is 0 Å². The minimum absolute atomic E-state index is 0.0722. The summed E-state index contributed by atoms with van der Waals surface area (Å²) < 4.78 is 2.97. The summed E-state index contributed by atoms with van der Waals surface area (Å²) in [5.74, 6) is 0.935. The number of carbonyl (C=O) groups excluding carboxylic acids is 1. The lowest BCUT2D eigenvalue weighted by atomic mass is 10.1. The zero-order valence-electron chi connectivity index (χ0n) is 15.8. The highest BCUT2D eigenvalue weighted by atomic mass is 79.9. The van der Waals surface area contributed by atoms with Gasteiger partial charge in [-0.25, -0.2) is 0 Å². The molecule has 0 aliphatic rings. The highest BCUT2D eigenvalue weighted by Crippen LogP contribution is 2.26. The van der Waals surface area contributed by atoms with Gasteiger partial charge in [0, 0.05) is 22.3 Å². The van der Waals surface area contributed by atoms with Crippen molar-refractivity contribution in [1.82, 2.24) is 14.8 Å². The van der Waals surface area contributed by atoms with Gasteiger partial charge in [0.2, 0.25) is 5.91 Å². The summed E-state index contributed by atoms with van der Waals surface area (Å²) in [5, 5.41) is 12.3. The molecule has 1 heterocycles. The fourth-order valence-electron chi connectivity index (χ4n) is 2.70. The topological polar surface area (TPSA) is 59.8 Å². The predicted molar refractivity (Wildman–Crippen MR) is 119 cm³/mol. The molecule has 0 aliphatic heterocycles. The largest absolute Gasteiger partial charge is 0.325 e. The van der Waals surface area contributed by atoms with Gasteiger partial charge in [0.1, 0.15) is 0 Å². The molecule has 0 radical (unpaired) electrons. The molecule has 2 aromatic carbocycles. The molecule has 0 aliphatic carbocycles. The fraction of sp³-hybridized carbons (Fsp3) is 0.190. The lowest BCUT2D eigenvalue weighted by Gasteiger charge is -2.11. The molecule has 0 saturated heterocycles. The number of nitrogens with zero attached hydrogens (tertiary/aromatic N) is 3. The molecule has 1 amide bonds. The van der Waals surface area contributed by atoms with Crippen LogP contribution in [0.15, 0.2) is 64.7 Å². The van der Waals surface area contributed by atoms with Gasteiger partial charge >= 0.3 is 0 Å². The smallest absolute Gasteiger partial charge is 0.234 e. The van der Waals surface area contributed by atoms with E-state index in [2.05, 4.69) is 38.0 Å². The van der Waals surface area contributed by atoms with Crippen LogP contribution in [0.25, 0.3) is 11.4 Å². The van der Waals surface area contributed by atoms with Gasteiger partial charge in [-0.15, -0.1) is 16.8 Å². The SMILES string of the molecule is C=CCn1c(SCC(=O)Nc2cccc(C)c2C)nnc1-c1ccc(Br)cc1. The summed E-state index contributed by atoms with van der Waals surface area (Å²) in [6.45, 7) is 8.42. The van der Waals surface area contributed by atoms with Crippen molar-refractivity contribution in [1.29, 1.82) is 0 Å². The molecule has 0 unspecified atom stereocenters. The molecule has 0 spiro atoms. The molecule has 3 rings (SSSR count). The maximum Gasteiger partial charge on any atom is 0.234 e. The second kappa shape index (κ2) is 9.21. The van der Waals surface area contributed by atoms with Crippen LogP contribution in [-0.2, 0) is 11.3 Å². The van der Waals surface area contributed by atoms with Gasteiger partial charge in [0.25, 0.3) is 0 Å². The normalized spacial score (nSPS) is 10.7. The zero-order chi connectivity index (χ0) is 20.1. The van der Waals surface area contributed by atoms with Crippen LogP contribution in [0.2, 0.25) is 0 Å². The van der Waals surface area contributed by atoms with E-state index in [-0.39, 0.29) is 11.7 Å². The van der Waals surface area contributed by atoms with Crippen molar-refractivity contribution >= 4 is 39.3 Å². The number of carbonyl (C=O) groups is 1. The lowest BCUT2D eigenvalue weighted by Crippen LogP contribution is -2.15. The molecule has 1 N–H and O–H groups in total. The summed E-state index contributed by atoms with van der Waals surface area (Å²) in [6.07, 6.45) is 1.80. The van der Waals surface area contributed by atoms with Crippen molar-refractivity contribution in [3.8, 4) is 11.4 Å². The monoisotopic (exact) mass is 456 g/mol. The molecular weight excluding hydrogens is 436 g/mol. The Bertz CT molecular complexity index is 998. The van der Waals surface area contributed by atoms with Crippen LogP contribution in [0, 0.1) is 13.8 Å². The summed E-state index contributed by atoms with van der Waals surface area (Å²) in [4.78, 5) is 12.4. The fourth-order valence-corrected chi connectivity index (χ4v) is 3.72. The first-order chi connectivity index (χ1) is 13.5. The van der Waals surface area contributed by atoms with Gasteiger partial charge in [-0.3, -0.25) is 9.36 Å². The minimum atomic E-state index is -0.0722. The minimum Gasteiger partial charge on any atom is -0.325 e. The Morgan fingerprint density at radius 2 is 1.96 bits per heavy atom. The highest BCUT2D eigenvalue weighted by Gasteiger charge is 2.15. The molecule has 0 saturated carbocycles. The van der Waals surface area contributed by atoms with Crippen molar-refractivity contribution in [2.45, 2.75) is 25.5 Å². The Hall–Kier alpha value is -2.38. The lowest BCUT2D eigenvalue weighted by molar-refractivity contribution is -0.113. The Morgan fingerprint density at radius 1 is 1.21 bits per heavy atom. The van der Waals surface area contributed by atoms with Gasteiger partial charge in [-0.1, -0.05) is 58.0 Å². The molecule has 0 atom stereocenters. The first-order valence-electron chi connectivity index (χ1n) is 8.78. The summed E-state index contributed by atoms with van der Waals surface area (Å²) in [7, 11) is 0. The third-order valence-electron chi connectivity index (χ3n) is 4.34. The number of hydrogen-bond acceptors (Lipinski definition) is 4. The van der Waals surface area contributed by atoms with Gasteiger partial charge in [0.05, 0.1) is 5.75 Å². The Balaban J connectivity index is 1.73. The van der Waals surface area contributed by atoms with Crippen LogP contribution in [0.1, 0.15) is 11.1 Å². The molecule has 144 valence electrons. The van der Waals surface area contributed by atoms with Crippen LogP contribution >= 0.6 is 27.7 Å². The van der Waals surface area contributed by atoms with Crippen molar-refractivity contribution in [3.63, 3.8) is 0 Å². The number of thioether (sulfide) groups is 1. The predicted octanol–water partition coefficient (Wildman–Crippen LogP) is 5.24. The zero-order valence-corrected chi connectivity index (χ0v) is 18.2. The Morgan fingerprint density at radius 3 is 2.68 bits per heavy atom. The third kappa shape index (κ3) is 4.72. The van der Waals surface area contributed by atoms with Gasteiger partial charge in [-0.05, 0) is 43.2 Å². The number of anilines is 1. The van der Waals surface area contributed by atoms with Gasteiger partial charge in [0.15, 0.2) is 11.0 Å². The second-order valence-corrected chi connectivity index (χ2v) is 8.15. The molecule has 0 fully saturated rings. The standard InChI is InChI=1S/C21H21BrN4OS/c1-4-12-26-20(16-8-10-17(22)11-9-16)24-25-21(26)28-13-19(27)23-18-7-5-6-14(2)15(18)3/h4-11H,1,12-13H2,2-3H3,(H,23,27). The number of aromatic nitrogens is 3. The highest BCUT2D eigenvalue weighted by molar-refractivity contribution is 9.10. The van der Waals surface area contributed by atoms with Crippen molar-refractivity contribution in [2.24, 2.45) is 0 Å². The van der Waals surface area contributed by atoms with Crippen LogP contribution in [0.3, 0.4) is 0 Å². The maximum absolute atomic E-state index is 12.4. The quantitative estimate of drug-likeness (QED) is 0.389. The van der Waals surface area contributed by atoms with E-state index in [1.807, 2.05) is 60.9 Å². The van der Waals surface area contributed by atoms with E-state index in [1.54, 1.807) is 6.08 Å². The van der Waals surface area contributed by atoms with E-state index >= 15 is 0 Å². The van der Waals surface area contributed by atoms with Crippen LogP contribution in [-0.4, -0.2) is 26.4 Å². The number of halogens is 1. The second-order valence-electron chi connectivity index (χ2n) is 6.30.